The van der Waals surface area contributed by atoms with E-state index in [2.05, 4.69) is 43.4 Å². The first-order chi connectivity index (χ1) is 9.42. The van der Waals surface area contributed by atoms with Crippen molar-refractivity contribution in [2.45, 2.75) is 52.0 Å². The molecular formula is C17H26N2O. The number of carbonyl (C=O) groups is 1. The van der Waals surface area contributed by atoms with Crippen LogP contribution in [0.25, 0.3) is 0 Å². The standard InChI is InChI=1S/C17H26N2O/c1-12(2)13-5-7-14(8-6-13)15(18)11-19-16(20)17(3)9-4-10-17/h5-8,12,15H,4,9-11,18H2,1-3H3,(H,19,20). The Balaban J connectivity index is 1.88. The summed E-state index contributed by atoms with van der Waals surface area (Å²) in [6.45, 7) is 6.90. The number of benzene rings is 1. The molecule has 1 aromatic rings. The van der Waals surface area contributed by atoms with Crippen molar-refractivity contribution in [3.63, 3.8) is 0 Å². The second-order valence-corrected chi connectivity index (χ2v) is 6.55. The lowest BCUT2D eigenvalue weighted by Gasteiger charge is -2.36. The van der Waals surface area contributed by atoms with Crippen LogP contribution in [0.2, 0.25) is 0 Å². The smallest absolute Gasteiger partial charge is 0.226 e. The van der Waals surface area contributed by atoms with E-state index in [4.69, 9.17) is 5.73 Å². The first-order valence-corrected chi connectivity index (χ1v) is 7.56. The molecule has 2 rings (SSSR count). The van der Waals surface area contributed by atoms with Gasteiger partial charge in [0.25, 0.3) is 0 Å². The zero-order valence-electron chi connectivity index (χ0n) is 12.8. The van der Waals surface area contributed by atoms with Gasteiger partial charge in [-0.3, -0.25) is 4.79 Å². The van der Waals surface area contributed by atoms with Crippen LogP contribution < -0.4 is 11.1 Å². The molecule has 0 aromatic heterocycles. The van der Waals surface area contributed by atoms with E-state index in [1.807, 2.05) is 6.92 Å². The molecule has 3 nitrogen and oxygen atoms in total. The Kier molecular flexibility index (Phi) is 4.48. The van der Waals surface area contributed by atoms with Gasteiger partial charge in [-0.05, 0) is 29.9 Å². The van der Waals surface area contributed by atoms with Crippen molar-refractivity contribution in [1.82, 2.24) is 5.32 Å². The van der Waals surface area contributed by atoms with Crippen LogP contribution in [0, 0.1) is 5.41 Å². The van der Waals surface area contributed by atoms with Crippen LogP contribution in [0.5, 0.6) is 0 Å². The van der Waals surface area contributed by atoms with Gasteiger partial charge in [-0.25, -0.2) is 0 Å². The number of hydrogen-bond acceptors (Lipinski definition) is 2. The summed E-state index contributed by atoms with van der Waals surface area (Å²) in [5.74, 6) is 0.677. The summed E-state index contributed by atoms with van der Waals surface area (Å²) in [6, 6.07) is 8.24. The predicted octanol–water partition coefficient (Wildman–Crippen LogP) is 3.12. The van der Waals surface area contributed by atoms with Gasteiger partial charge in [0.05, 0.1) is 0 Å². The molecule has 0 aliphatic heterocycles. The summed E-state index contributed by atoms with van der Waals surface area (Å²) >= 11 is 0. The van der Waals surface area contributed by atoms with E-state index in [0.29, 0.717) is 12.5 Å². The van der Waals surface area contributed by atoms with E-state index in [1.165, 1.54) is 5.56 Å². The average molecular weight is 274 g/mol. The summed E-state index contributed by atoms with van der Waals surface area (Å²) in [4.78, 5) is 12.1. The van der Waals surface area contributed by atoms with Crippen molar-refractivity contribution in [2.24, 2.45) is 11.1 Å². The monoisotopic (exact) mass is 274 g/mol. The molecule has 0 radical (unpaired) electrons. The topological polar surface area (TPSA) is 55.1 Å². The fourth-order valence-electron chi connectivity index (χ4n) is 2.60. The molecule has 0 spiro atoms. The Labute approximate surface area is 121 Å². The highest BCUT2D eigenvalue weighted by molar-refractivity contribution is 5.83. The van der Waals surface area contributed by atoms with Gasteiger partial charge in [0.1, 0.15) is 0 Å². The minimum absolute atomic E-state index is 0.135. The third kappa shape index (κ3) is 3.21. The molecule has 1 fully saturated rings. The van der Waals surface area contributed by atoms with Gasteiger partial charge in [0.2, 0.25) is 5.91 Å². The largest absolute Gasteiger partial charge is 0.354 e. The van der Waals surface area contributed by atoms with E-state index in [-0.39, 0.29) is 17.4 Å². The molecule has 3 heteroatoms. The van der Waals surface area contributed by atoms with E-state index >= 15 is 0 Å². The third-order valence-electron chi connectivity index (χ3n) is 4.52. The molecule has 20 heavy (non-hydrogen) atoms. The zero-order chi connectivity index (χ0) is 14.8. The van der Waals surface area contributed by atoms with Crippen molar-refractivity contribution in [3.05, 3.63) is 35.4 Å². The second kappa shape index (κ2) is 5.96. The summed E-state index contributed by atoms with van der Waals surface area (Å²) in [7, 11) is 0. The molecule has 1 atom stereocenters. The number of nitrogens with one attached hydrogen (secondary N) is 1. The molecule has 1 amide bonds. The van der Waals surface area contributed by atoms with Crippen LogP contribution in [0.4, 0.5) is 0 Å². The van der Waals surface area contributed by atoms with Crippen LogP contribution in [-0.2, 0) is 4.79 Å². The van der Waals surface area contributed by atoms with Gasteiger partial charge in [-0.15, -0.1) is 0 Å². The van der Waals surface area contributed by atoms with E-state index in [1.54, 1.807) is 0 Å². The number of carbonyl (C=O) groups excluding carboxylic acids is 1. The number of rotatable bonds is 5. The Morgan fingerprint density at radius 1 is 1.25 bits per heavy atom. The van der Waals surface area contributed by atoms with E-state index in [9.17, 15) is 4.79 Å². The normalized spacial score (nSPS) is 18.4. The fourth-order valence-corrected chi connectivity index (χ4v) is 2.60. The van der Waals surface area contributed by atoms with Crippen molar-refractivity contribution >= 4 is 5.91 Å². The minimum Gasteiger partial charge on any atom is -0.354 e. The lowest BCUT2D eigenvalue weighted by molar-refractivity contribution is -0.134. The molecule has 1 aliphatic carbocycles. The maximum absolute atomic E-state index is 12.1. The third-order valence-corrected chi connectivity index (χ3v) is 4.52. The van der Waals surface area contributed by atoms with Crippen molar-refractivity contribution in [2.75, 3.05) is 6.54 Å². The molecule has 3 N–H and O–H groups in total. The highest BCUT2D eigenvalue weighted by atomic mass is 16.2. The Bertz CT molecular complexity index is 460. The molecular weight excluding hydrogens is 248 g/mol. The minimum atomic E-state index is -0.152. The molecule has 0 saturated heterocycles. The highest BCUT2D eigenvalue weighted by Crippen LogP contribution is 2.40. The summed E-state index contributed by atoms with van der Waals surface area (Å²) in [5, 5.41) is 3.00. The summed E-state index contributed by atoms with van der Waals surface area (Å²) in [5.41, 5.74) is 8.40. The first-order valence-electron chi connectivity index (χ1n) is 7.56. The Morgan fingerprint density at radius 3 is 2.25 bits per heavy atom. The number of amides is 1. The summed E-state index contributed by atoms with van der Waals surface area (Å²) in [6.07, 6.45) is 3.15. The molecule has 1 saturated carbocycles. The van der Waals surface area contributed by atoms with Crippen LogP contribution in [0.15, 0.2) is 24.3 Å². The molecule has 1 aromatic carbocycles. The average Bonchev–Trinajstić information content (AvgIpc) is 2.41. The number of nitrogens with two attached hydrogens (primary N) is 1. The zero-order valence-corrected chi connectivity index (χ0v) is 12.8. The van der Waals surface area contributed by atoms with Crippen molar-refractivity contribution in [1.29, 1.82) is 0 Å². The summed E-state index contributed by atoms with van der Waals surface area (Å²) < 4.78 is 0. The quantitative estimate of drug-likeness (QED) is 0.866. The molecule has 0 heterocycles. The van der Waals surface area contributed by atoms with Gasteiger partial charge < -0.3 is 11.1 Å². The molecule has 0 bridgehead atoms. The van der Waals surface area contributed by atoms with Crippen LogP contribution in [-0.4, -0.2) is 12.5 Å². The van der Waals surface area contributed by atoms with Gasteiger partial charge in [0, 0.05) is 18.0 Å². The predicted molar refractivity (Wildman–Crippen MR) is 82.4 cm³/mol. The van der Waals surface area contributed by atoms with Gasteiger partial charge in [-0.2, -0.15) is 0 Å². The Hall–Kier alpha value is -1.35. The molecule has 1 aliphatic rings. The van der Waals surface area contributed by atoms with Gasteiger partial charge in [0.15, 0.2) is 0 Å². The van der Waals surface area contributed by atoms with Crippen LogP contribution in [0.1, 0.15) is 63.1 Å². The van der Waals surface area contributed by atoms with Crippen molar-refractivity contribution in [3.8, 4) is 0 Å². The fraction of sp³-hybridized carbons (Fsp3) is 0.588. The van der Waals surface area contributed by atoms with Gasteiger partial charge in [-0.1, -0.05) is 51.5 Å². The molecule has 1 unspecified atom stereocenters. The Morgan fingerprint density at radius 2 is 1.80 bits per heavy atom. The first kappa shape index (κ1) is 15.0. The second-order valence-electron chi connectivity index (χ2n) is 6.55. The molecule has 110 valence electrons. The van der Waals surface area contributed by atoms with E-state index in [0.717, 1.165) is 24.8 Å². The maximum atomic E-state index is 12.1. The van der Waals surface area contributed by atoms with E-state index < -0.39 is 0 Å². The highest BCUT2D eigenvalue weighted by Gasteiger charge is 2.39. The lowest BCUT2D eigenvalue weighted by atomic mass is 9.70. The lowest BCUT2D eigenvalue weighted by Crippen LogP contribution is -2.45. The van der Waals surface area contributed by atoms with Crippen LogP contribution in [0.3, 0.4) is 0 Å². The number of hydrogen-bond donors (Lipinski definition) is 2. The SMILES string of the molecule is CC(C)c1ccc(C(N)CNC(=O)C2(C)CCC2)cc1. The van der Waals surface area contributed by atoms with Gasteiger partial charge >= 0.3 is 0 Å². The van der Waals surface area contributed by atoms with Crippen LogP contribution >= 0.6 is 0 Å². The maximum Gasteiger partial charge on any atom is 0.226 e. The van der Waals surface area contributed by atoms with Crippen molar-refractivity contribution < 1.29 is 4.79 Å².